The number of fused-ring (bicyclic) bond motifs is 1. The Labute approximate surface area is 168 Å². The molecule has 3 aromatic rings. The molecule has 5 nitrogen and oxygen atoms in total. The molecular weight excluding hydrogens is 376 g/mol. The van der Waals surface area contributed by atoms with Crippen LogP contribution >= 0.6 is 11.6 Å². The maximum Gasteiger partial charge on any atom is 0.320 e. The second kappa shape index (κ2) is 7.78. The number of methoxy groups -OCH3 is 1. The molecule has 2 heterocycles. The van der Waals surface area contributed by atoms with Crippen molar-refractivity contribution in [2.45, 2.75) is 24.9 Å². The molecule has 1 fully saturated rings. The zero-order chi connectivity index (χ0) is 19.7. The third kappa shape index (κ3) is 3.43. The number of ether oxygens (including phenoxy) is 1. The van der Waals surface area contributed by atoms with E-state index in [-0.39, 0.29) is 6.04 Å². The number of carbonyl (C=O) groups is 1. The van der Waals surface area contributed by atoms with Gasteiger partial charge in [0, 0.05) is 28.7 Å². The van der Waals surface area contributed by atoms with Crippen molar-refractivity contribution in [3.8, 4) is 5.75 Å². The van der Waals surface area contributed by atoms with E-state index in [9.17, 15) is 9.90 Å². The van der Waals surface area contributed by atoms with Crippen molar-refractivity contribution in [1.29, 1.82) is 0 Å². The minimum atomic E-state index is -0.808. The molecule has 0 saturated carbocycles. The predicted octanol–water partition coefficient (Wildman–Crippen LogP) is 4.54. The third-order valence-corrected chi connectivity index (χ3v) is 5.56. The zero-order valence-corrected chi connectivity index (χ0v) is 16.3. The third-order valence-electron chi connectivity index (χ3n) is 5.32. The Kier molecular flexibility index (Phi) is 5.20. The summed E-state index contributed by atoms with van der Waals surface area (Å²) in [7, 11) is 1.61. The van der Waals surface area contributed by atoms with Gasteiger partial charge in [0.25, 0.3) is 0 Å². The van der Waals surface area contributed by atoms with E-state index in [0.29, 0.717) is 23.7 Å². The number of benzene rings is 2. The van der Waals surface area contributed by atoms with Gasteiger partial charge < -0.3 is 9.84 Å². The topological polar surface area (TPSA) is 62.7 Å². The minimum absolute atomic E-state index is 0.311. The van der Waals surface area contributed by atoms with Gasteiger partial charge in [0.2, 0.25) is 0 Å². The van der Waals surface area contributed by atoms with E-state index in [2.05, 4.69) is 11.1 Å². The normalized spacial score (nSPS) is 18.3. The summed E-state index contributed by atoms with van der Waals surface area (Å²) < 4.78 is 5.59. The van der Waals surface area contributed by atoms with Crippen LogP contribution in [0.5, 0.6) is 5.75 Å². The van der Waals surface area contributed by atoms with E-state index < -0.39 is 12.0 Å². The van der Waals surface area contributed by atoms with Gasteiger partial charge in [-0.15, -0.1) is 0 Å². The lowest BCUT2D eigenvalue weighted by molar-refractivity contribution is -0.142. The lowest BCUT2D eigenvalue weighted by Crippen LogP contribution is -2.39. The molecule has 0 aliphatic carbocycles. The lowest BCUT2D eigenvalue weighted by atomic mass is 9.95. The molecule has 1 saturated heterocycles. The SMILES string of the molecule is COc1ccc(Cl)cc1C(c1cnc2ccccc2c1)N1CCCC1C(=O)O. The van der Waals surface area contributed by atoms with Gasteiger partial charge in [0.05, 0.1) is 18.7 Å². The van der Waals surface area contributed by atoms with E-state index in [1.165, 1.54) is 0 Å². The summed E-state index contributed by atoms with van der Waals surface area (Å²) in [6.07, 6.45) is 3.28. The van der Waals surface area contributed by atoms with Gasteiger partial charge in [-0.3, -0.25) is 14.7 Å². The Morgan fingerprint density at radius 1 is 1.29 bits per heavy atom. The fourth-order valence-electron chi connectivity index (χ4n) is 4.07. The van der Waals surface area contributed by atoms with E-state index >= 15 is 0 Å². The van der Waals surface area contributed by atoms with Gasteiger partial charge in [-0.1, -0.05) is 29.8 Å². The second-order valence-corrected chi connectivity index (χ2v) is 7.42. The maximum absolute atomic E-state index is 11.9. The van der Waals surface area contributed by atoms with Gasteiger partial charge >= 0.3 is 5.97 Å². The first-order valence-corrected chi connectivity index (χ1v) is 9.63. The lowest BCUT2D eigenvalue weighted by Gasteiger charge is -2.32. The fourth-order valence-corrected chi connectivity index (χ4v) is 4.25. The Hall–Kier alpha value is -2.63. The van der Waals surface area contributed by atoms with Crippen molar-refractivity contribution in [3.05, 3.63) is 70.9 Å². The van der Waals surface area contributed by atoms with Gasteiger partial charge in [0.1, 0.15) is 11.8 Å². The summed E-state index contributed by atoms with van der Waals surface area (Å²) in [5, 5.41) is 11.4. The molecule has 144 valence electrons. The van der Waals surface area contributed by atoms with Crippen LogP contribution in [0.2, 0.25) is 5.02 Å². The highest BCUT2D eigenvalue weighted by molar-refractivity contribution is 6.30. The summed E-state index contributed by atoms with van der Waals surface area (Å²) in [5.74, 6) is -0.129. The molecule has 1 N–H and O–H groups in total. The summed E-state index contributed by atoms with van der Waals surface area (Å²) in [6.45, 7) is 0.685. The highest BCUT2D eigenvalue weighted by atomic mass is 35.5. The quantitative estimate of drug-likeness (QED) is 0.686. The van der Waals surface area contributed by atoms with Crippen LogP contribution in [0.25, 0.3) is 10.9 Å². The van der Waals surface area contributed by atoms with Crippen molar-refractivity contribution < 1.29 is 14.6 Å². The number of carboxylic acid groups (broad SMARTS) is 1. The number of aliphatic carboxylic acids is 1. The van der Waals surface area contributed by atoms with Crippen LogP contribution < -0.4 is 4.74 Å². The van der Waals surface area contributed by atoms with Gasteiger partial charge in [-0.2, -0.15) is 0 Å². The largest absolute Gasteiger partial charge is 0.496 e. The van der Waals surface area contributed by atoms with Crippen LogP contribution in [0.1, 0.15) is 30.0 Å². The smallest absolute Gasteiger partial charge is 0.320 e. The molecule has 1 aliphatic heterocycles. The average molecular weight is 397 g/mol. The van der Waals surface area contributed by atoms with Crippen molar-refractivity contribution in [2.24, 2.45) is 0 Å². The number of carboxylic acids is 1. The molecule has 2 aromatic carbocycles. The minimum Gasteiger partial charge on any atom is -0.496 e. The number of halogens is 1. The van der Waals surface area contributed by atoms with Gasteiger partial charge in [-0.05, 0) is 48.7 Å². The Morgan fingerprint density at radius 3 is 2.89 bits per heavy atom. The van der Waals surface area contributed by atoms with E-state index in [4.69, 9.17) is 16.3 Å². The van der Waals surface area contributed by atoms with E-state index in [0.717, 1.165) is 28.5 Å². The van der Waals surface area contributed by atoms with Crippen LogP contribution in [0.4, 0.5) is 0 Å². The first kappa shape index (κ1) is 18.7. The maximum atomic E-state index is 11.9. The molecule has 4 rings (SSSR count). The molecule has 0 radical (unpaired) electrons. The number of likely N-dealkylation sites (tertiary alicyclic amines) is 1. The number of rotatable bonds is 5. The van der Waals surface area contributed by atoms with Crippen molar-refractivity contribution in [3.63, 3.8) is 0 Å². The number of para-hydroxylation sites is 1. The first-order valence-electron chi connectivity index (χ1n) is 9.25. The predicted molar refractivity (Wildman–Crippen MR) is 109 cm³/mol. The Bertz CT molecular complexity index is 1020. The van der Waals surface area contributed by atoms with Gasteiger partial charge in [-0.25, -0.2) is 0 Å². The summed E-state index contributed by atoms with van der Waals surface area (Å²) in [5.41, 5.74) is 2.67. The van der Waals surface area contributed by atoms with Crippen molar-refractivity contribution >= 4 is 28.5 Å². The highest BCUT2D eigenvalue weighted by Crippen LogP contribution is 2.40. The number of hydrogen-bond acceptors (Lipinski definition) is 4. The van der Waals surface area contributed by atoms with Crippen LogP contribution in [-0.2, 0) is 4.79 Å². The van der Waals surface area contributed by atoms with Gasteiger partial charge in [0.15, 0.2) is 0 Å². The number of nitrogens with zero attached hydrogens (tertiary/aromatic N) is 2. The summed E-state index contributed by atoms with van der Waals surface area (Å²) in [4.78, 5) is 18.5. The Morgan fingerprint density at radius 2 is 2.11 bits per heavy atom. The standard InChI is InChI=1S/C22H21ClN2O3/c1-28-20-9-8-16(23)12-17(20)21(25-10-4-7-19(25)22(26)27)15-11-14-5-2-3-6-18(14)24-13-15/h2-3,5-6,8-9,11-13,19,21H,4,7,10H2,1H3,(H,26,27). The number of pyridine rings is 1. The first-order chi connectivity index (χ1) is 13.6. The number of hydrogen-bond donors (Lipinski definition) is 1. The number of aromatic nitrogens is 1. The molecule has 0 spiro atoms. The molecule has 1 aliphatic rings. The molecule has 1 aromatic heterocycles. The molecule has 2 atom stereocenters. The molecule has 6 heteroatoms. The Balaban J connectivity index is 1.90. The fraction of sp³-hybridized carbons (Fsp3) is 0.273. The van der Waals surface area contributed by atoms with Crippen LogP contribution in [0.15, 0.2) is 54.7 Å². The van der Waals surface area contributed by atoms with Crippen molar-refractivity contribution in [2.75, 3.05) is 13.7 Å². The molecule has 28 heavy (non-hydrogen) atoms. The molecule has 0 bridgehead atoms. The van der Waals surface area contributed by atoms with Crippen molar-refractivity contribution in [1.82, 2.24) is 9.88 Å². The van der Waals surface area contributed by atoms with E-state index in [1.54, 1.807) is 13.2 Å². The van der Waals surface area contributed by atoms with E-state index in [1.807, 2.05) is 47.5 Å². The molecule has 0 amide bonds. The summed E-state index contributed by atoms with van der Waals surface area (Å²) >= 11 is 6.30. The van der Waals surface area contributed by atoms with Crippen LogP contribution in [0, 0.1) is 0 Å². The molecular formula is C22H21ClN2O3. The second-order valence-electron chi connectivity index (χ2n) is 6.98. The zero-order valence-electron chi connectivity index (χ0n) is 15.5. The summed E-state index contributed by atoms with van der Waals surface area (Å²) in [6, 6.07) is 14.6. The highest BCUT2D eigenvalue weighted by Gasteiger charge is 2.38. The monoisotopic (exact) mass is 396 g/mol. The average Bonchev–Trinajstić information content (AvgIpc) is 3.18. The van der Waals surface area contributed by atoms with Crippen LogP contribution in [0.3, 0.4) is 0 Å². The molecule has 2 unspecified atom stereocenters. The van der Waals surface area contributed by atoms with Crippen LogP contribution in [-0.4, -0.2) is 40.7 Å².